The third-order valence-electron chi connectivity index (χ3n) is 10.7. The fourth-order valence-corrected chi connectivity index (χ4v) is 8.10. The van der Waals surface area contributed by atoms with Gasteiger partial charge in [0.2, 0.25) is 0 Å². The second kappa shape index (κ2) is 12.6. The van der Waals surface area contributed by atoms with Crippen LogP contribution in [0.25, 0.3) is 99.8 Å². The number of fused-ring (bicyclic) bond motifs is 8. The molecule has 55 heavy (non-hydrogen) atoms. The maximum atomic E-state index is 6.54. The molecular formula is C50H32N4O. The van der Waals surface area contributed by atoms with E-state index < -0.39 is 0 Å². The van der Waals surface area contributed by atoms with Crippen molar-refractivity contribution in [3.05, 3.63) is 188 Å². The molecule has 3 aromatic heterocycles. The Morgan fingerprint density at radius 3 is 1.78 bits per heavy atom. The summed E-state index contributed by atoms with van der Waals surface area (Å²) < 4.78 is 9.01. The van der Waals surface area contributed by atoms with Gasteiger partial charge in [-0.05, 0) is 46.3 Å². The van der Waals surface area contributed by atoms with Gasteiger partial charge in [-0.3, -0.25) is 0 Å². The van der Waals surface area contributed by atoms with Crippen LogP contribution >= 0.6 is 0 Å². The monoisotopic (exact) mass is 704 g/mol. The number of furan rings is 1. The highest BCUT2D eigenvalue weighted by atomic mass is 16.3. The number of nitrogens with zero attached hydrogens (tertiary/aromatic N) is 4. The summed E-state index contributed by atoms with van der Waals surface area (Å²) >= 11 is 0. The first-order valence-electron chi connectivity index (χ1n) is 18.6. The van der Waals surface area contributed by atoms with Crippen molar-refractivity contribution in [1.29, 1.82) is 0 Å². The first-order valence-corrected chi connectivity index (χ1v) is 18.6. The highest BCUT2D eigenvalue weighted by Crippen LogP contribution is 2.40. The largest absolute Gasteiger partial charge is 0.456 e. The summed E-state index contributed by atoms with van der Waals surface area (Å²) in [5.74, 6) is 1.84. The van der Waals surface area contributed by atoms with E-state index in [1.165, 1.54) is 38.1 Å². The lowest BCUT2D eigenvalue weighted by Gasteiger charge is -2.12. The SMILES string of the molecule is c1ccc(-c2nc(-c3ccccc3)nc(-c3cc(-c4ccc(Cn5c6ccccc6c6ccc7ccccc7c65)cc4)cc4oc5ccccc5c34)n2)cc1. The van der Waals surface area contributed by atoms with Crippen LogP contribution < -0.4 is 0 Å². The van der Waals surface area contributed by atoms with Crippen molar-refractivity contribution in [1.82, 2.24) is 19.5 Å². The number of para-hydroxylation sites is 2. The van der Waals surface area contributed by atoms with E-state index in [0.29, 0.717) is 17.5 Å². The van der Waals surface area contributed by atoms with E-state index in [0.717, 1.165) is 56.3 Å². The molecule has 5 nitrogen and oxygen atoms in total. The van der Waals surface area contributed by atoms with Gasteiger partial charge in [-0.25, -0.2) is 15.0 Å². The van der Waals surface area contributed by atoms with Gasteiger partial charge in [-0.15, -0.1) is 0 Å². The summed E-state index contributed by atoms with van der Waals surface area (Å²) in [6.45, 7) is 0.752. The first-order chi connectivity index (χ1) is 27.2. The Hall–Kier alpha value is -7.37. The molecule has 0 unspecified atom stereocenters. The second-order valence-corrected chi connectivity index (χ2v) is 14.0. The van der Waals surface area contributed by atoms with Crippen LogP contribution in [-0.4, -0.2) is 19.5 Å². The van der Waals surface area contributed by atoms with Crippen LogP contribution in [0.2, 0.25) is 0 Å². The molecule has 0 aliphatic carbocycles. The average molecular weight is 705 g/mol. The molecule has 0 amide bonds. The maximum absolute atomic E-state index is 6.54. The van der Waals surface area contributed by atoms with E-state index in [1.807, 2.05) is 78.9 Å². The van der Waals surface area contributed by atoms with Crippen molar-refractivity contribution in [2.45, 2.75) is 6.54 Å². The van der Waals surface area contributed by atoms with Crippen LogP contribution in [0, 0.1) is 0 Å². The number of rotatable bonds is 6. The molecule has 11 rings (SSSR count). The smallest absolute Gasteiger partial charge is 0.164 e. The Bertz CT molecular complexity index is 3160. The minimum atomic E-state index is 0.598. The Morgan fingerprint density at radius 2 is 1.04 bits per heavy atom. The molecule has 11 aromatic rings. The lowest BCUT2D eigenvalue weighted by molar-refractivity contribution is 0.669. The molecule has 0 N–H and O–H groups in total. The zero-order valence-electron chi connectivity index (χ0n) is 29.7. The van der Waals surface area contributed by atoms with Gasteiger partial charge in [0.05, 0.1) is 5.52 Å². The van der Waals surface area contributed by atoms with Gasteiger partial charge in [0, 0.05) is 55.7 Å². The number of aromatic nitrogens is 4. The quantitative estimate of drug-likeness (QED) is 0.173. The highest BCUT2D eigenvalue weighted by molar-refractivity contribution is 6.18. The molecule has 0 spiro atoms. The van der Waals surface area contributed by atoms with Crippen LogP contribution in [0.5, 0.6) is 0 Å². The molecule has 0 atom stereocenters. The molecule has 0 saturated heterocycles. The van der Waals surface area contributed by atoms with Crippen molar-refractivity contribution in [2.75, 3.05) is 0 Å². The summed E-state index contributed by atoms with van der Waals surface area (Å²) in [5, 5.41) is 7.08. The predicted molar refractivity (Wildman–Crippen MR) is 225 cm³/mol. The summed E-state index contributed by atoms with van der Waals surface area (Å²) in [7, 11) is 0. The molecule has 0 radical (unpaired) electrons. The van der Waals surface area contributed by atoms with Gasteiger partial charge in [0.15, 0.2) is 17.5 Å². The standard InChI is InChI=1S/C50H32N4O/c1-3-14-35(15-4-1)48-51-49(36-16-5-2-6-17-36)53-50(52-48)42-29-37(30-45-46(42)41-20-10-12-22-44(41)55-45)33-25-23-32(24-26-33)31-54-43-21-11-9-19-39(43)40-28-27-34-13-7-8-18-38(34)47(40)54/h1-30H,31H2. The fourth-order valence-electron chi connectivity index (χ4n) is 8.10. The Kier molecular flexibility index (Phi) is 7.17. The maximum Gasteiger partial charge on any atom is 0.164 e. The van der Waals surface area contributed by atoms with Gasteiger partial charge in [0.1, 0.15) is 11.2 Å². The molecule has 0 fully saturated rings. The van der Waals surface area contributed by atoms with Gasteiger partial charge < -0.3 is 8.98 Å². The van der Waals surface area contributed by atoms with Crippen molar-refractivity contribution >= 4 is 54.5 Å². The average Bonchev–Trinajstić information content (AvgIpc) is 3.80. The van der Waals surface area contributed by atoms with Gasteiger partial charge in [-0.1, -0.05) is 158 Å². The zero-order chi connectivity index (χ0) is 36.3. The van der Waals surface area contributed by atoms with Crippen LogP contribution in [-0.2, 0) is 6.54 Å². The van der Waals surface area contributed by atoms with Crippen molar-refractivity contribution in [3.8, 4) is 45.3 Å². The Labute approximate surface area is 316 Å². The van der Waals surface area contributed by atoms with Crippen molar-refractivity contribution in [2.24, 2.45) is 0 Å². The molecular weight excluding hydrogens is 673 g/mol. The zero-order valence-corrected chi connectivity index (χ0v) is 29.7. The topological polar surface area (TPSA) is 56.7 Å². The van der Waals surface area contributed by atoms with Crippen molar-refractivity contribution < 1.29 is 4.42 Å². The number of hydrogen-bond acceptors (Lipinski definition) is 4. The Morgan fingerprint density at radius 1 is 0.418 bits per heavy atom. The molecule has 0 aliphatic rings. The first kappa shape index (κ1) is 31.2. The highest BCUT2D eigenvalue weighted by Gasteiger charge is 2.20. The molecule has 0 bridgehead atoms. The molecule has 8 aromatic carbocycles. The van der Waals surface area contributed by atoms with Gasteiger partial charge >= 0.3 is 0 Å². The molecule has 0 saturated carbocycles. The van der Waals surface area contributed by atoms with Crippen molar-refractivity contribution in [3.63, 3.8) is 0 Å². The summed E-state index contributed by atoms with van der Waals surface area (Å²) in [6, 6.07) is 63.6. The third-order valence-corrected chi connectivity index (χ3v) is 10.7. The third kappa shape index (κ3) is 5.28. The second-order valence-electron chi connectivity index (χ2n) is 14.0. The minimum Gasteiger partial charge on any atom is -0.456 e. The number of benzene rings is 8. The van der Waals surface area contributed by atoms with Gasteiger partial charge in [0.25, 0.3) is 0 Å². The van der Waals surface area contributed by atoms with Crippen LogP contribution in [0.4, 0.5) is 0 Å². The van der Waals surface area contributed by atoms with E-state index in [-0.39, 0.29) is 0 Å². The van der Waals surface area contributed by atoms with Crippen LogP contribution in [0.3, 0.4) is 0 Å². The summed E-state index contributed by atoms with van der Waals surface area (Å²) in [6.07, 6.45) is 0. The van der Waals surface area contributed by atoms with E-state index in [2.05, 4.69) is 108 Å². The lowest BCUT2D eigenvalue weighted by Crippen LogP contribution is -2.01. The minimum absolute atomic E-state index is 0.598. The normalized spacial score (nSPS) is 11.7. The predicted octanol–water partition coefficient (Wildman–Crippen LogP) is 12.7. The van der Waals surface area contributed by atoms with E-state index in [9.17, 15) is 0 Å². The lowest BCUT2D eigenvalue weighted by atomic mass is 9.97. The fraction of sp³-hybridized carbons (Fsp3) is 0.0200. The number of hydrogen-bond donors (Lipinski definition) is 0. The van der Waals surface area contributed by atoms with E-state index in [1.54, 1.807) is 0 Å². The molecule has 0 aliphatic heterocycles. The van der Waals surface area contributed by atoms with Crippen LogP contribution in [0.1, 0.15) is 5.56 Å². The molecule has 258 valence electrons. The van der Waals surface area contributed by atoms with E-state index >= 15 is 0 Å². The van der Waals surface area contributed by atoms with Gasteiger partial charge in [-0.2, -0.15) is 0 Å². The Balaban J connectivity index is 1.06. The summed E-state index contributed by atoms with van der Waals surface area (Å²) in [4.78, 5) is 15.2. The van der Waals surface area contributed by atoms with Crippen LogP contribution in [0.15, 0.2) is 186 Å². The summed E-state index contributed by atoms with van der Waals surface area (Å²) in [5.41, 5.74) is 10.2. The molecule has 3 heterocycles. The van der Waals surface area contributed by atoms with E-state index in [4.69, 9.17) is 19.4 Å². The molecule has 5 heteroatoms.